The molecule has 0 fully saturated rings. The Balaban J connectivity index is 0. The van der Waals surface area contributed by atoms with Crippen LogP contribution in [0.3, 0.4) is 0 Å². The normalized spacial score (nSPS) is 16.1. The lowest BCUT2D eigenvalue weighted by atomic mass is 10.5. The van der Waals surface area contributed by atoms with Gasteiger partial charge in [-0.05, 0) is 39.3 Å². The second-order valence-corrected chi connectivity index (χ2v) is 28.1. The van der Waals surface area contributed by atoms with Crippen LogP contribution in [0.2, 0.25) is 58.9 Å². The van der Waals surface area contributed by atoms with Crippen molar-refractivity contribution in [2.45, 2.75) is 66.3 Å². The standard InChI is InChI=1S/C8H18N2OSi.C8H18N2Si.C8H22NOSi.CH4/c1-9-5-6-10(7-9)8-11-12(2,3)4;1-9-5-6-10(7-9)8-11(2,3)4;1-9(2,3)7-8-10-11(4,5)6;/h5-6H,7-8H2,1-4H3;5-6H,7-8H2,1-4H3;7-8H2,1-6H3;1H4/q;;+1;. The zero-order valence-electron chi connectivity index (χ0n) is 25.1. The van der Waals surface area contributed by atoms with Crippen molar-refractivity contribution in [3.8, 4) is 0 Å². The number of likely N-dealkylation sites (N-methyl/N-ethyl adjacent to an activating group) is 1. The molecule has 35 heavy (non-hydrogen) atoms. The molecule has 0 saturated heterocycles. The number of rotatable bonds is 9. The van der Waals surface area contributed by atoms with Gasteiger partial charge in [0.15, 0.2) is 16.6 Å². The first kappa shape index (κ1) is 36.4. The van der Waals surface area contributed by atoms with Gasteiger partial charge in [-0.25, -0.2) is 0 Å². The lowest BCUT2D eigenvalue weighted by Crippen LogP contribution is -2.40. The van der Waals surface area contributed by atoms with Crippen molar-refractivity contribution in [3.63, 3.8) is 0 Å². The van der Waals surface area contributed by atoms with Gasteiger partial charge in [0.05, 0.1) is 49.2 Å². The molecule has 2 rings (SSSR count). The zero-order valence-corrected chi connectivity index (χ0v) is 28.1. The lowest BCUT2D eigenvalue weighted by molar-refractivity contribution is -0.870. The molecule has 0 bridgehead atoms. The van der Waals surface area contributed by atoms with Crippen LogP contribution in [0.1, 0.15) is 7.43 Å². The van der Waals surface area contributed by atoms with E-state index in [0.717, 1.165) is 37.7 Å². The molecule has 0 unspecified atom stereocenters. The molecular weight excluding hydrogens is 487 g/mol. The molecule has 2 aliphatic rings. The molecule has 210 valence electrons. The third-order valence-electron chi connectivity index (χ3n) is 4.51. The second kappa shape index (κ2) is 15.5. The van der Waals surface area contributed by atoms with Gasteiger partial charge in [0.1, 0.15) is 13.3 Å². The number of hydrogen-bond donors (Lipinski definition) is 0. The molecule has 2 aliphatic heterocycles. The molecule has 0 atom stereocenters. The minimum absolute atomic E-state index is 0. The topological polar surface area (TPSA) is 31.4 Å². The van der Waals surface area contributed by atoms with E-state index in [9.17, 15) is 0 Å². The molecule has 7 nitrogen and oxygen atoms in total. The minimum atomic E-state index is -1.34. The molecule has 0 amide bonds. The van der Waals surface area contributed by atoms with E-state index in [1.807, 2.05) is 0 Å². The van der Waals surface area contributed by atoms with E-state index in [2.05, 4.69) is 139 Å². The average Bonchev–Trinajstić information content (AvgIpc) is 3.17. The maximum Gasteiger partial charge on any atom is 0.186 e. The quantitative estimate of drug-likeness (QED) is 0.291. The molecular formula is C25H62N5O2Si3+. The largest absolute Gasteiger partial charge is 0.412 e. The van der Waals surface area contributed by atoms with Crippen molar-refractivity contribution in [2.75, 3.05) is 74.6 Å². The fourth-order valence-corrected chi connectivity index (χ4v) is 5.56. The van der Waals surface area contributed by atoms with Crippen LogP contribution in [0.4, 0.5) is 0 Å². The minimum Gasteiger partial charge on any atom is -0.412 e. The van der Waals surface area contributed by atoms with Crippen LogP contribution < -0.4 is 0 Å². The molecule has 0 saturated carbocycles. The van der Waals surface area contributed by atoms with E-state index in [4.69, 9.17) is 8.85 Å². The SMILES string of the molecule is C.CN1C=CN(CO[Si](C)(C)C)C1.CN1C=CN(C[Si](C)(C)C)C1.C[N+](C)(C)CCO[Si](C)(C)C. The van der Waals surface area contributed by atoms with Crippen LogP contribution in [0.25, 0.3) is 0 Å². The van der Waals surface area contributed by atoms with Crippen molar-refractivity contribution >= 4 is 24.7 Å². The Morgan fingerprint density at radius 2 is 1.11 bits per heavy atom. The first-order valence-corrected chi connectivity index (χ1v) is 23.0. The summed E-state index contributed by atoms with van der Waals surface area (Å²) in [5.74, 6) is 0. The van der Waals surface area contributed by atoms with E-state index in [0.29, 0.717) is 0 Å². The second-order valence-electron chi connectivity index (χ2n) is 13.6. The molecule has 0 radical (unpaired) electrons. The number of nitrogens with zero attached hydrogens (tertiary/aromatic N) is 5. The summed E-state index contributed by atoms with van der Waals surface area (Å²) in [5, 5.41) is 0. The summed E-state index contributed by atoms with van der Waals surface area (Å²) in [7, 11) is 7.22. The van der Waals surface area contributed by atoms with Gasteiger partial charge in [-0.2, -0.15) is 0 Å². The molecule has 2 heterocycles. The molecule has 0 spiro atoms. The van der Waals surface area contributed by atoms with Crippen LogP contribution in [-0.2, 0) is 8.85 Å². The van der Waals surface area contributed by atoms with E-state index in [-0.39, 0.29) is 7.43 Å². The zero-order chi connectivity index (χ0) is 26.8. The van der Waals surface area contributed by atoms with Crippen LogP contribution in [-0.4, -0.2) is 123 Å². The molecule has 0 aromatic carbocycles. The van der Waals surface area contributed by atoms with Crippen LogP contribution in [0.5, 0.6) is 0 Å². The van der Waals surface area contributed by atoms with Crippen molar-refractivity contribution < 1.29 is 13.3 Å². The van der Waals surface area contributed by atoms with Gasteiger partial charge in [-0.1, -0.05) is 27.1 Å². The summed E-state index contributed by atoms with van der Waals surface area (Å²) in [4.78, 5) is 8.90. The van der Waals surface area contributed by atoms with Gasteiger partial charge in [0.2, 0.25) is 0 Å². The highest BCUT2D eigenvalue weighted by Crippen LogP contribution is 2.10. The van der Waals surface area contributed by atoms with Crippen molar-refractivity contribution in [2.24, 2.45) is 0 Å². The first-order chi connectivity index (χ1) is 15.2. The Bertz CT molecular complexity index is 607. The highest BCUT2D eigenvalue weighted by molar-refractivity contribution is 6.76. The molecule has 10 heteroatoms. The van der Waals surface area contributed by atoms with E-state index in [1.54, 1.807) is 0 Å². The maximum absolute atomic E-state index is 5.75. The maximum atomic E-state index is 5.75. The third-order valence-corrected chi connectivity index (χ3v) is 7.93. The van der Waals surface area contributed by atoms with Crippen molar-refractivity contribution in [3.05, 3.63) is 24.8 Å². The smallest absolute Gasteiger partial charge is 0.186 e. The average molecular weight is 549 g/mol. The predicted octanol–water partition coefficient (Wildman–Crippen LogP) is 5.19. The summed E-state index contributed by atoms with van der Waals surface area (Å²) in [6, 6.07) is 0. The van der Waals surface area contributed by atoms with Crippen LogP contribution in [0, 0.1) is 0 Å². The molecule has 0 aromatic heterocycles. The van der Waals surface area contributed by atoms with Crippen molar-refractivity contribution in [1.82, 2.24) is 19.6 Å². The molecule has 0 N–H and O–H groups in total. The monoisotopic (exact) mass is 548 g/mol. The number of quaternary nitrogens is 1. The van der Waals surface area contributed by atoms with Gasteiger partial charge in [0.25, 0.3) is 0 Å². The lowest BCUT2D eigenvalue weighted by Gasteiger charge is -2.26. The summed E-state index contributed by atoms with van der Waals surface area (Å²) in [6.07, 6.45) is 9.74. The van der Waals surface area contributed by atoms with E-state index in [1.165, 1.54) is 6.17 Å². The highest BCUT2D eigenvalue weighted by atomic mass is 28.4. The van der Waals surface area contributed by atoms with E-state index < -0.39 is 24.7 Å². The summed E-state index contributed by atoms with van der Waals surface area (Å²) >= 11 is 0. The van der Waals surface area contributed by atoms with Gasteiger partial charge >= 0.3 is 0 Å². The van der Waals surface area contributed by atoms with Gasteiger partial charge in [-0.15, -0.1) is 0 Å². The summed E-state index contributed by atoms with van der Waals surface area (Å²) in [6.45, 7) is 25.3. The van der Waals surface area contributed by atoms with Crippen LogP contribution in [0.15, 0.2) is 24.8 Å². The Labute approximate surface area is 223 Å². The summed E-state index contributed by atoms with van der Waals surface area (Å²) in [5.41, 5.74) is 0. The molecule has 0 aromatic rings. The Kier molecular flexibility index (Phi) is 16.1. The number of hydrogen-bond acceptors (Lipinski definition) is 6. The van der Waals surface area contributed by atoms with Gasteiger partial charge in [-0.3, -0.25) is 0 Å². The van der Waals surface area contributed by atoms with Crippen molar-refractivity contribution in [1.29, 1.82) is 0 Å². The first-order valence-electron chi connectivity index (χ1n) is 12.5. The van der Waals surface area contributed by atoms with Crippen LogP contribution >= 0.6 is 0 Å². The van der Waals surface area contributed by atoms with Gasteiger partial charge in [0, 0.05) is 45.1 Å². The predicted molar refractivity (Wildman–Crippen MR) is 164 cm³/mol. The Morgan fingerprint density at radius 1 is 0.686 bits per heavy atom. The Hall–Kier alpha value is -0.789. The fourth-order valence-electron chi connectivity index (χ4n) is 2.88. The Morgan fingerprint density at radius 3 is 1.43 bits per heavy atom. The van der Waals surface area contributed by atoms with E-state index >= 15 is 0 Å². The fraction of sp³-hybridized carbons (Fsp3) is 0.840. The molecule has 0 aliphatic carbocycles. The summed E-state index contributed by atoms with van der Waals surface area (Å²) < 4.78 is 12.5. The highest BCUT2D eigenvalue weighted by Gasteiger charge is 2.19. The van der Waals surface area contributed by atoms with Gasteiger partial charge < -0.3 is 32.9 Å². The third kappa shape index (κ3) is 24.7.